The van der Waals surface area contributed by atoms with E-state index in [-0.39, 0.29) is 25.6 Å². The normalized spacial score (nSPS) is 13.4. The molecule has 1 N–H and O–H groups in total. The molecule has 0 saturated heterocycles. The monoisotopic (exact) mass is 1040 g/mol. The van der Waals surface area contributed by atoms with Crippen LogP contribution < -0.4 is 0 Å². The van der Waals surface area contributed by atoms with Crippen molar-refractivity contribution in [3.05, 3.63) is 24.3 Å². The number of rotatable bonds is 58. The third-order valence-corrected chi connectivity index (χ3v) is 14.9. The van der Waals surface area contributed by atoms with E-state index in [0.717, 1.165) is 32.1 Å². The zero-order chi connectivity index (χ0) is 52.7. The number of carbonyl (C=O) groups is 2. The van der Waals surface area contributed by atoms with Gasteiger partial charge in [-0.1, -0.05) is 256 Å². The summed E-state index contributed by atoms with van der Waals surface area (Å²) in [5.74, 6) is -0.783. The highest BCUT2D eigenvalue weighted by Crippen LogP contribution is 2.43. The minimum absolute atomic E-state index is 0.0340. The lowest BCUT2D eigenvalue weighted by Gasteiger charge is -2.24. The van der Waals surface area contributed by atoms with Crippen molar-refractivity contribution in [3.8, 4) is 0 Å². The van der Waals surface area contributed by atoms with Crippen molar-refractivity contribution in [1.29, 1.82) is 0 Å². The maximum Gasteiger partial charge on any atom is 0.472 e. The van der Waals surface area contributed by atoms with E-state index in [1.807, 2.05) is 21.1 Å². The van der Waals surface area contributed by atoms with Crippen LogP contribution in [0.2, 0.25) is 0 Å². The van der Waals surface area contributed by atoms with Crippen molar-refractivity contribution in [2.24, 2.45) is 0 Å². The number of phosphoric ester groups is 1. The van der Waals surface area contributed by atoms with E-state index in [0.29, 0.717) is 23.9 Å². The summed E-state index contributed by atoms with van der Waals surface area (Å²) in [5.41, 5.74) is 0. The number of unbranched alkanes of at least 4 members (excludes halogenated alkanes) is 40. The Hall–Kier alpha value is -1.51. The van der Waals surface area contributed by atoms with Crippen molar-refractivity contribution >= 4 is 19.8 Å². The van der Waals surface area contributed by atoms with Crippen LogP contribution in [0.5, 0.6) is 0 Å². The molecule has 0 aromatic rings. The van der Waals surface area contributed by atoms with Gasteiger partial charge in [-0.25, -0.2) is 4.57 Å². The van der Waals surface area contributed by atoms with E-state index in [2.05, 4.69) is 38.2 Å². The Balaban J connectivity index is 4.09. The molecule has 2 atom stereocenters. The average Bonchev–Trinajstić information content (AvgIpc) is 3.34. The van der Waals surface area contributed by atoms with Gasteiger partial charge < -0.3 is 18.9 Å². The lowest BCUT2D eigenvalue weighted by atomic mass is 10.0. The number of nitrogens with zero attached hydrogens (tertiary/aromatic N) is 1. The van der Waals surface area contributed by atoms with E-state index >= 15 is 0 Å². The highest BCUT2D eigenvalue weighted by molar-refractivity contribution is 7.47. The van der Waals surface area contributed by atoms with Crippen LogP contribution in [0, 0.1) is 0 Å². The van der Waals surface area contributed by atoms with E-state index in [1.165, 1.54) is 244 Å². The summed E-state index contributed by atoms with van der Waals surface area (Å²) in [7, 11) is 1.49. The summed E-state index contributed by atoms with van der Waals surface area (Å²) >= 11 is 0. The Labute approximate surface area is 447 Å². The number of esters is 2. The first-order chi connectivity index (χ1) is 35.0. The van der Waals surface area contributed by atoms with Gasteiger partial charge in [0, 0.05) is 12.8 Å². The lowest BCUT2D eigenvalue weighted by Crippen LogP contribution is -2.37. The summed E-state index contributed by atoms with van der Waals surface area (Å²) in [6.07, 6.45) is 65.4. The first kappa shape index (κ1) is 70.5. The Morgan fingerprint density at radius 3 is 1.03 bits per heavy atom. The Kier molecular flexibility index (Phi) is 53.1. The number of phosphoric acid groups is 1. The van der Waals surface area contributed by atoms with Crippen molar-refractivity contribution in [2.45, 2.75) is 315 Å². The van der Waals surface area contributed by atoms with E-state index < -0.39 is 26.5 Å². The quantitative estimate of drug-likeness (QED) is 0.0211. The van der Waals surface area contributed by atoms with Crippen molar-refractivity contribution in [3.63, 3.8) is 0 Å². The summed E-state index contributed by atoms with van der Waals surface area (Å²) in [4.78, 5) is 35.7. The van der Waals surface area contributed by atoms with Crippen LogP contribution in [0.1, 0.15) is 309 Å². The fourth-order valence-electron chi connectivity index (χ4n) is 9.13. The molecule has 0 radical (unpaired) electrons. The standard InChI is InChI=1S/C62H120NO8P/c1-6-8-10-12-14-16-18-20-22-24-26-28-29-30-31-32-33-35-37-39-41-43-45-47-49-51-53-55-62(65)71-60(59-70-72(66,67)69-57-56-63(3,4)5)58-68-61(64)54-52-50-48-46-44-42-40-38-36-34-27-25-23-21-19-17-15-13-11-9-7-2/h24-27,60H,6-23,28-59H2,1-5H3/p+1/b26-24-,27-25-. The van der Waals surface area contributed by atoms with Crippen LogP contribution >= 0.6 is 7.82 Å². The van der Waals surface area contributed by atoms with Gasteiger partial charge in [-0.3, -0.25) is 18.6 Å². The van der Waals surface area contributed by atoms with Crippen LogP contribution in [0.25, 0.3) is 0 Å². The number of carbonyl (C=O) groups excluding carboxylic acids is 2. The lowest BCUT2D eigenvalue weighted by molar-refractivity contribution is -0.870. The molecule has 2 unspecified atom stereocenters. The number of likely N-dealkylation sites (N-methyl/N-ethyl adjacent to an activating group) is 1. The summed E-state index contributed by atoms with van der Waals surface area (Å²) in [6, 6.07) is 0. The SMILES string of the molecule is CCCCCCCCCC/C=C\CCCCCCCCCCCCCCCCCC(=O)OC(COC(=O)CCCCCCCCCCC/C=C\CCCCCCCCCC)COP(=O)(O)OCC[N+](C)(C)C. The zero-order valence-electron chi connectivity index (χ0n) is 48.4. The van der Waals surface area contributed by atoms with Gasteiger partial charge in [-0.05, 0) is 64.2 Å². The van der Waals surface area contributed by atoms with E-state index in [4.69, 9.17) is 18.5 Å². The van der Waals surface area contributed by atoms with Crippen LogP contribution in [0.3, 0.4) is 0 Å². The first-order valence-electron chi connectivity index (χ1n) is 31.1. The van der Waals surface area contributed by atoms with Crippen LogP contribution in [0.4, 0.5) is 0 Å². The van der Waals surface area contributed by atoms with Crippen molar-refractivity contribution in [2.75, 3.05) is 47.5 Å². The minimum atomic E-state index is -4.38. The van der Waals surface area contributed by atoms with Gasteiger partial charge in [0.2, 0.25) is 0 Å². The molecule has 0 aliphatic heterocycles. The molecule has 0 rings (SSSR count). The molecule has 0 amide bonds. The van der Waals surface area contributed by atoms with Gasteiger partial charge in [-0.2, -0.15) is 0 Å². The van der Waals surface area contributed by atoms with Gasteiger partial charge in [0.25, 0.3) is 0 Å². The van der Waals surface area contributed by atoms with Crippen molar-refractivity contribution in [1.82, 2.24) is 0 Å². The predicted molar refractivity (Wildman–Crippen MR) is 307 cm³/mol. The third kappa shape index (κ3) is 57.8. The predicted octanol–water partition coefficient (Wildman–Crippen LogP) is 19.4. The van der Waals surface area contributed by atoms with Crippen molar-refractivity contribution < 1.29 is 42.1 Å². The second kappa shape index (κ2) is 54.3. The summed E-state index contributed by atoms with van der Waals surface area (Å²) in [6.45, 7) is 4.49. The highest BCUT2D eigenvalue weighted by Gasteiger charge is 2.27. The third-order valence-electron chi connectivity index (χ3n) is 14.0. The summed E-state index contributed by atoms with van der Waals surface area (Å²) in [5, 5.41) is 0. The summed E-state index contributed by atoms with van der Waals surface area (Å²) < 4.78 is 34.6. The second-order valence-electron chi connectivity index (χ2n) is 22.4. The van der Waals surface area contributed by atoms with Gasteiger partial charge in [0.15, 0.2) is 6.10 Å². The van der Waals surface area contributed by atoms with Crippen LogP contribution in [0.15, 0.2) is 24.3 Å². The van der Waals surface area contributed by atoms with E-state index in [1.54, 1.807) is 0 Å². The number of hydrogen-bond donors (Lipinski definition) is 1. The van der Waals surface area contributed by atoms with Crippen LogP contribution in [-0.2, 0) is 32.7 Å². The Bertz CT molecular complexity index is 1270. The number of ether oxygens (including phenoxy) is 2. The molecule has 0 aliphatic rings. The first-order valence-corrected chi connectivity index (χ1v) is 32.6. The number of quaternary nitrogens is 1. The smallest absolute Gasteiger partial charge is 0.462 e. The fraction of sp³-hybridized carbons (Fsp3) is 0.903. The largest absolute Gasteiger partial charge is 0.472 e. The van der Waals surface area contributed by atoms with Crippen LogP contribution in [-0.4, -0.2) is 74.9 Å². The fourth-order valence-corrected chi connectivity index (χ4v) is 9.87. The molecule has 9 nitrogen and oxygen atoms in total. The minimum Gasteiger partial charge on any atom is -0.462 e. The highest BCUT2D eigenvalue weighted by atomic mass is 31.2. The Morgan fingerprint density at radius 1 is 0.417 bits per heavy atom. The average molecular weight is 1040 g/mol. The maximum atomic E-state index is 12.8. The van der Waals surface area contributed by atoms with Gasteiger partial charge in [-0.15, -0.1) is 0 Å². The van der Waals surface area contributed by atoms with E-state index in [9.17, 15) is 19.0 Å². The molecule has 10 heteroatoms. The molecular weight excluding hydrogens is 918 g/mol. The molecule has 0 bridgehead atoms. The molecular formula is C62H121NO8P+. The molecule has 0 spiro atoms. The maximum absolute atomic E-state index is 12.8. The molecule has 0 aliphatic carbocycles. The van der Waals surface area contributed by atoms with Gasteiger partial charge >= 0.3 is 19.8 Å². The zero-order valence-corrected chi connectivity index (χ0v) is 49.3. The molecule has 0 saturated carbocycles. The molecule has 0 aromatic heterocycles. The number of allylic oxidation sites excluding steroid dienone is 4. The van der Waals surface area contributed by atoms with Gasteiger partial charge in [0.1, 0.15) is 19.8 Å². The molecule has 0 fully saturated rings. The Morgan fingerprint density at radius 2 is 0.708 bits per heavy atom. The van der Waals surface area contributed by atoms with Gasteiger partial charge in [0.05, 0.1) is 27.7 Å². The number of hydrogen-bond acceptors (Lipinski definition) is 7. The second-order valence-corrected chi connectivity index (χ2v) is 23.9. The molecule has 426 valence electrons. The molecule has 72 heavy (non-hydrogen) atoms. The molecule has 0 heterocycles. The topological polar surface area (TPSA) is 108 Å². The molecule has 0 aromatic carbocycles.